The van der Waals surface area contributed by atoms with Crippen LogP contribution in [0.25, 0.3) is 0 Å². The summed E-state index contributed by atoms with van der Waals surface area (Å²) < 4.78 is 0. The summed E-state index contributed by atoms with van der Waals surface area (Å²) in [6.07, 6.45) is 5.19. The van der Waals surface area contributed by atoms with Gasteiger partial charge in [-0.25, -0.2) is 4.98 Å². The van der Waals surface area contributed by atoms with Crippen molar-refractivity contribution in [1.82, 2.24) is 14.9 Å². The minimum absolute atomic E-state index is 0.0291. The summed E-state index contributed by atoms with van der Waals surface area (Å²) >= 11 is 0. The lowest BCUT2D eigenvalue weighted by Crippen LogP contribution is -2.26. The molecule has 1 aromatic rings. The summed E-state index contributed by atoms with van der Waals surface area (Å²) in [6.45, 7) is 7.17. The van der Waals surface area contributed by atoms with Gasteiger partial charge in [0.2, 0.25) is 0 Å². The molecule has 1 fully saturated rings. The number of nitrogens with zero attached hydrogens (tertiary/aromatic N) is 2. The first-order valence-corrected chi connectivity index (χ1v) is 6.97. The van der Waals surface area contributed by atoms with Crippen LogP contribution in [-0.2, 0) is 6.54 Å². The maximum Gasteiger partial charge on any atom is 0.251 e. The fraction of sp³-hybridized carbons (Fsp3) is 0.714. The normalized spacial score (nSPS) is 17.9. The lowest BCUT2D eigenvalue weighted by molar-refractivity contribution is 0.273. The number of aromatic amines is 1. The molecule has 1 aliphatic heterocycles. The Bertz CT molecular complexity index is 431. The second kappa shape index (κ2) is 6.14. The molecule has 0 aliphatic carbocycles. The summed E-state index contributed by atoms with van der Waals surface area (Å²) in [5.41, 5.74) is 0.878. The van der Waals surface area contributed by atoms with Crippen LogP contribution in [0.15, 0.2) is 10.9 Å². The van der Waals surface area contributed by atoms with Crippen LogP contribution in [0.4, 0.5) is 0 Å². The average Bonchev–Trinajstić information content (AvgIpc) is 2.57. The van der Waals surface area contributed by atoms with Crippen molar-refractivity contribution in [3.63, 3.8) is 0 Å². The third-order valence-electron chi connectivity index (χ3n) is 3.44. The van der Waals surface area contributed by atoms with Gasteiger partial charge in [-0.3, -0.25) is 9.69 Å². The van der Waals surface area contributed by atoms with Crippen LogP contribution in [0.3, 0.4) is 0 Å². The molecule has 4 heteroatoms. The molecule has 1 N–H and O–H groups in total. The third-order valence-corrected chi connectivity index (χ3v) is 3.44. The molecule has 18 heavy (non-hydrogen) atoms. The first-order valence-electron chi connectivity index (χ1n) is 6.97. The number of likely N-dealkylation sites (tertiary alicyclic amines) is 1. The Morgan fingerprint density at radius 2 is 1.94 bits per heavy atom. The number of H-pyrrole nitrogens is 1. The molecule has 2 heterocycles. The molecule has 1 saturated heterocycles. The highest BCUT2D eigenvalue weighted by molar-refractivity contribution is 5.05. The van der Waals surface area contributed by atoms with E-state index in [-0.39, 0.29) is 11.5 Å². The van der Waals surface area contributed by atoms with Crippen molar-refractivity contribution in [2.45, 2.75) is 52.0 Å². The predicted molar refractivity (Wildman–Crippen MR) is 72.7 cm³/mol. The Kier molecular flexibility index (Phi) is 4.53. The second-order valence-corrected chi connectivity index (χ2v) is 5.47. The average molecular weight is 249 g/mol. The molecular formula is C14H23N3O. The number of nitrogens with one attached hydrogen (secondary N) is 1. The zero-order chi connectivity index (χ0) is 13.0. The second-order valence-electron chi connectivity index (χ2n) is 5.47. The minimum Gasteiger partial charge on any atom is -0.310 e. The molecule has 0 amide bonds. The Morgan fingerprint density at radius 3 is 2.56 bits per heavy atom. The lowest BCUT2D eigenvalue weighted by Gasteiger charge is -2.19. The first kappa shape index (κ1) is 13.3. The molecule has 0 atom stereocenters. The molecule has 2 rings (SSSR count). The van der Waals surface area contributed by atoms with E-state index in [1.807, 2.05) is 13.8 Å². The van der Waals surface area contributed by atoms with Gasteiger partial charge >= 0.3 is 0 Å². The molecule has 4 nitrogen and oxygen atoms in total. The molecule has 1 aromatic heterocycles. The Labute approximate surface area is 108 Å². The molecule has 0 saturated carbocycles. The predicted octanol–water partition coefficient (Wildman–Crippen LogP) is 2.27. The van der Waals surface area contributed by atoms with Crippen LogP contribution in [-0.4, -0.2) is 28.0 Å². The molecule has 0 aromatic carbocycles. The summed E-state index contributed by atoms with van der Waals surface area (Å²) in [4.78, 5) is 21.4. The lowest BCUT2D eigenvalue weighted by atomic mass is 10.2. The number of rotatable bonds is 3. The zero-order valence-electron chi connectivity index (χ0n) is 11.4. The third kappa shape index (κ3) is 3.67. The van der Waals surface area contributed by atoms with Gasteiger partial charge in [0.15, 0.2) is 0 Å². The quantitative estimate of drug-likeness (QED) is 0.894. The van der Waals surface area contributed by atoms with Crippen LogP contribution < -0.4 is 5.56 Å². The van der Waals surface area contributed by atoms with E-state index in [0.717, 1.165) is 31.2 Å². The van der Waals surface area contributed by atoms with E-state index in [0.29, 0.717) is 0 Å². The molecule has 0 bridgehead atoms. The van der Waals surface area contributed by atoms with Gasteiger partial charge in [-0.1, -0.05) is 26.7 Å². The smallest absolute Gasteiger partial charge is 0.251 e. The minimum atomic E-state index is -0.0291. The largest absolute Gasteiger partial charge is 0.310 e. The highest BCUT2D eigenvalue weighted by atomic mass is 16.1. The molecule has 0 radical (unpaired) electrons. The van der Waals surface area contributed by atoms with Crippen LogP contribution >= 0.6 is 0 Å². The van der Waals surface area contributed by atoms with E-state index >= 15 is 0 Å². The maximum atomic E-state index is 11.6. The topological polar surface area (TPSA) is 49.0 Å². The van der Waals surface area contributed by atoms with Crippen LogP contribution in [0, 0.1) is 0 Å². The molecule has 1 aliphatic rings. The Morgan fingerprint density at radius 1 is 1.28 bits per heavy atom. The summed E-state index contributed by atoms with van der Waals surface area (Å²) in [7, 11) is 0. The van der Waals surface area contributed by atoms with Crippen molar-refractivity contribution in [3.8, 4) is 0 Å². The number of hydrogen-bond donors (Lipinski definition) is 1. The van der Waals surface area contributed by atoms with Gasteiger partial charge < -0.3 is 4.98 Å². The van der Waals surface area contributed by atoms with Gasteiger partial charge in [-0.05, 0) is 25.9 Å². The van der Waals surface area contributed by atoms with Gasteiger partial charge in [0.05, 0.1) is 5.69 Å². The SMILES string of the molecule is CC(C)c1nc(CN2CCCCCC2)cc(=O)[nH]1. The van der Waals surface area contributed by atoms with Crippen molar-refractivity contribution in [1.29, 1.82) is 0 Å². The van der Waals surface area contributed by atoms with Crippen molar-refractivity contribution < 1.29 is 0 Å². The van der Waals surface area contributed by atoms with E-state index in [2.05, 4.69) is 14.9 Å². The molecular weight excluding hydrogens is 226 g/mol. The van der Waals surface area contributed by atoms with Crippen molar-refractivity contribution in [2.24, 2.45) is 0 Å². The molecule has 0 unspecified atom stereocenters. The number of aromatic nitrogens is 2. The summed E-state index contributed by atoms with van der Waals surface area (Å²) in [5, 5.41) is 0. The molecule has 100 valence electrons. The fourth-order valence-corrected chi connectivity index (χ4v) is 2.41. The van der Waals surface area contributed by atoms with Crippen LogP contribution in [0.2, 0.25) is 0 Å². The highest BCUT2D eigenvalue weighted by Crippen LogP contribution is 2.13. The summed E-state index contributed by atoms with van der Waals surface area (Å²) in [5.74, 6) is 1.06. The van der Waals surface area contributed by atoms with Gasteiger partial charge in [0.25, 0.3) is 5.56 Å². The van der Waals surface area contributed by atoms with Gasteiger partial charge in [0, 0.05) is 18.5 Å². The Balaban J connectivity index is 2.10. The standard InChI is InChI=1S/C14H23N3O/c1-11(2)14-15-12(9-13(18)16-14)10-17-7-5-3-4-6-8-17/h9,11H,3-8,10H2,1-2H3,(H,15,16,18). The Hall–Kier alpha value is -1.16. The summed E-state index contributed by atoms with van der Waals surface area (Å²) in [6, 6.07) is 1.64. The van der Waals surface area contributed by atoms with Gasteiger partial charge in [0.1, 0.15) is 5.82 Å². The van der Waals surface area contributed by atoms with E-state index in [4.69, 9.17) is 0 Å². The van der Waals surface area contributed by atoms with Crippen LogP contribution in [0.1, 0.15) is 57.0 Å². The molecule has 0 spiro atoms. The van der Waals surface area contributed by atoms with Crippen molar-refractivity contribution in [2.75, 3.05) is 13.1 Å². The van der Waals surface area contributed by atoms with Crippen molar-refractivity contribution in [3.05, 3.63) is 27.9 Å². The zero-order valence-corrected chi connectivity index (χ0v) is 11.4. The van der Waals surface area contributed by atoms with E-state index in [1.54, 1.807) is 6.07 Å². The van der Waals surface area contributed by atoms with E-state index < -0.39 is 0 Å². The first-order chi connectivity index (χ1) is 8.65. The van der Waals surface area contributed by atoms with Gasteiger partial charge in [-0.2, -0.15) is 0 Å². The fourth-order valence-electron chi connectivity index (χ4n) is 2.41. The maximum absolute atomic E-state index is 11.6. The highest BCUT2D eigenvalue weighted by Gasteiger charge is 2.12. The van der Waals surface area contributed by atoms with Gasteiger partial charge in [-0.15, -0.1) is 0 Å². The van der Waals surface area contributed by atoms with Crippen LogP contribution in [0.5, 0.6) is 0 Å². The van der Waals surface area contributed by atoms with E-state index in [1.165, 1.54) is 25.7 Å². The van der Waals surface area contributed by atoms with E-state index in [9.17, 15) is 4.79 Å². The monoisotopic (exact) mass is 249 g/mol. The van der Waals surface area contributed by atoms with Crippen molar-refractivity contribution >= 4 is 0 Å². The number of hydrogen-bond acceptors (Lipinski definition) is 3.